The molecule has 1 aromatic rings. The lowest BCUT2D eigenvalue weighted by Crippen LogP contribution is -2.39. The van der Waals surface area contributed by atoms with Crippen LogP contribution in [0.3, 0.4) is 0 Å². The summed E-state index contributed by atoms with van der Waals surface area (Å²) in [5.74, 6) is 0.748. The predicted molar refractivity (Wildman–Crippen MR) is 110 cm³/mol. The van der Waals surface area contributed by atoms with Gasteiger partial charge in [-0.25, -0.2) is 18.4 Å². The number of thiazole rings is 1. The van der Waals surface area contributed by atoms with Gasteiger partial charge in [-0.3, -0.25) is 0 Å². The Balaban J connectivity index is 0.00000529. The largest absolute Gasteiger partial charge is 0.379 e. The summed E-state index contributed by atoms with van der Waals surface area (Å²) in [6, 6.07) is 0. The number of nitrogens with one attached hydrogen (secondary N) is 2. The Bertz CT molecular complexity index is 591. The first-order valence-electron chi connectivity index (χ1n) is 7.65. The van der Waals surface area contributed by atoms with Crippen molar-refractivity contribution < 1.29 is 13.2 Å². The standard InChI is InChI=1S/C14H26N4O3S2.HI/c1-4-12-10-17-13(22-12)11-18-14(15-5-2)16-6-7-21-8-9-23(3,19)20;/h10H,4-9,11H2,1-3H3,(H2,15,16,18);1H. The average molecular weight is 490 g/mol. The molecule has 0 saturated heterocycles. The van der Waals surface area contributed by atoms with Crippen LogP contribution in [-0.4, -0.2) is 57.7 Å². The number of rotatable bonds is 10. The van der Waals surface area contributed by atoms with E-state index < -0.39 is 9.84 Å². The van der Waals surface area contributed by atoms with Crippen LogP contribution in [0, 0.1) is 0 Å². The van der Waals surface area contributed by atoms with Gasteiger partial charge in [0, 0.05) is 30.4 Å². The van der Waals surface area contributed by atoms with Crippen molar-refractivity contribution in [2.75, 3.05) is 38.3 Å². The van der Waals surface area contributed by atoms with Crippen LogP contribution in [-0.2, 0) is 27.5 Å². The van der Waals surface area contributed by atoms with Crippen molar-refractivity contribution in [2.45, 2.75) is 26.8 Å². The summed E-state index contributed by atoms with van der Waals surface area (Å²) in [5, 5.41) is 7.29. The summed E-state index contributed by atoms with van der Waals surface area (Å²) < 4.78 is 27.2. The molecule has 0 amide bonds. The SMILES string of the molecule is CCNC(=NCc1ncc(CC)s1)NCCOCCS(C)(=O)=O.I. The number of hydrogen-bond donors (Lipinski definition) is 2. The summed E-state index contributed by atoms with van der Waals surface area (Å²) in [4.78, 5) is 10.1. The molecule has 1 aromatic heterocycles. The van der Waals surface area contributed by atoms with Crippen LogP contribution in [0.1, 0.15) is 23.7 Å². The minimum atomic E-state index is -2.96. The average Bonchev–Trinajstić information content (AvgIpc) is 2.95. The van der Waals surface area contributed by atoms with Crippen molar-refractivity contribution in [3.8, 4) is 0 Å². The van der Waals surface area contributed by atoms with E-state index in [4.69, 9.17) is 4.74 Å². The quantitative estimate of drug-likeness (QED) is 0.223. The molecule has 0 saturated carbocycles. The molecule has 0 bridgehead atoms. The van der Waals surface area contributed by atoms with Crippen molar-refractivity contribution in [2.24, 2.45) is 4.99 Å². The molecule has 0 aliphatic carbocycles. The monoisotopic (exact) mass is 490 g/mol. The number of aromatic nitrogens is 1. The Morgan fingerprint density at radius 1 is 1.33 bits per heavy atom. The molecule has 0 atom stereocenters. The van der Waals surface area contributed by atoms with Gasteiger partial charge >= 0.3 is 0 Å². The van der Waals surface area contributed by atoms with Crippen molar-refractivity contribution in [3.63, 3.8) is 0 Å². The molecule has 0 radical (unpaired) electrons. The molecule has 2 N–H and O–H groups in total. The Morgan fingerprint density at radius 2 is 2.08 bits per heavy atom. The minimum Gasteiger partial charge on any atom is -0.379 e. The van der Waals surface area contributed by atoms with Crippen LogP contribution in [0.5, 0.6) is 0 Å². The van der Waals surface area contributed by atoms with Gasteiger partial charge in [-0.05, 0) is 13.3 Å². The van der Waals surface area contributed by atoms with Gasteiger partial charge in [0.2, 0.25) is 0 Å². The number of aryl methyl sites for hydroxylation is 1. The predicted octanol–water partition coefficient (Wildman–Crippen LogP) is 1.44. The molecule has 24 heavy (non-hydrogen) atoms. The molecular formula is C14H27IN4O3S2. The van der Waals surface area contributed by atoms with Crippen LogP contribution >= 0.6 is 35.3 Å². The highest BCUT2D eigenvalue weighted by molar-refractivity contribution is 14.0. The second kappa shape index (κ2) is 12.8. The Hall–Kier alpha value is -0.460. The second-order valence-corrected chi connectivity index (χ2v) is 8.40. The topological polar surface area (TPSA) is 92.7 Å². The van der Waals surface area contributed by atoms with E-state index in [9.17, 15) is 8.42 Å². The van der Waals surface area contributed by atoms with Crippen molar-refractivity contribution >= 4 is 51.1 Å². The van der Waals surface area contributed by atoms with Gasteiger partial charge in [0.05, 0.1) is 25.5 Å². The Morgan fingerprint density at radius 3 is 2.67 bits per heavy atom. The van der Waals surface area contributed by atoms with E-state index in [0.29, 0.717) is 25.7 Å². The number of sulfone groups is 1. The normalized spacial score (nSPS) is 11.9. The molecule has 0 unspecified atom stereocenters. The zero-order valence-corrected chi connectivity index (χ0v) is 18.3. The van der Waals surface area contributed by atoms with Gasteiger partial charge in [-0.15, -0.1) is 35.3 Å². The first-order valence-corrected chi connectivity index (χ1v) is 10.5. The van der Waals surface area contributed by atoms with Crippen LogP contribution in [0.2, 0.25) is 0 Å². The van der Waals surface area contributed by atoms with Gasteiger partial charge in [0.15, 0.2) is 5.96 Å². The zero-order valence-electron chi connectivity index (χ0n) is 14.4. The third-order valence-electron chi connectivity index (χ3n) is 2.80. The molecule has 1 rings (SSSR count). The van der Waals surface area contributed by atoms with Crippen molar-refractivity contribution in [1.82, 2.24) is 15.6 Å². The van der Waals surface area contributed by atoms with Crippen molar-refractivity contribution in [3.05, 3.63) is 16.1 Å². The number of nitrogens with zero attached hydrogens (tertiary/aromatic N) is 2. The molecule has 0 aliphatic rings. The van der Waals surface area contributed by atoms with E-state index >= 15 is 0 Å². The Kier molecular flexibility index (Phi) is 12.6. The summed E-state index contributed by atoms with van der Waals surface area (Å²) in [6.07, 6.45) is 4.09. The fourth-order valence-electron chi connectivity index (χ4n) is 1.63. The molecule has 0 aromatic carbocycles. The van der Waals surface area contributed by atoms with Crippen LogP contribution < -0.4 is 10.6 Å². The number of aliphatic imine (C=N–C) groups is 1. The number of hydrogen-bond acceptors (Lipinski definition) is 6. The molecule has 10 heteroatoms. The van der Waals surface area contributed by atoms with Crippen LogP contribution in [0.15, 0.2) is 11.2 Å². The molecule has 140 valence electrons. The molecular weight excluding hydrogens is 463 g/mol. The van der Waals surface area contributed by atoms with E-state index in [1.807, 2.05) is 13.1 Å². The first-order chi connectivity index (χ1) is 10.9. The highest BCUT2D eigenvalue weighted by Gasteiger charge is 2.03. The molecule has 7 nitrogen and oxygen atoms in total. The van der Waals surface area contributed by atoms with Gasteiger partial charge in [0.1, 0.15) is 14.8 Å². The second-order valence-electron chi connectivity index (χ2n) is 4.94. The van der Waals surface area contributed by atoms with E-state index in [-0.39, 0.29) is 36.3 Å². The van der Waals surface area contributed by atoms with Crippen LogP contribution in [0.25, 0.3) is 0 Å². The summed E-state index contributed by atoms with van der Waals surface area (Å²) >= 11 is 1.67. The first kappa shape index (κ1) is 23.5. The molecule has 1 heterocycles. The molecule has 0 fully saturated rings. The fourth-order valence-corrected chi connectivity index (χ4v) is 2.83. The maximum atomic E-state index is 11.0. The number of ether oxygens (including phenoxy) is 1. The van der Waals surface area contributed by atoms with E-state index in [2.05, 4.69) is 27.5 Å². The zero-order chi connectivity index (χ0) is 17.1. The lowest BCUT2D eigenvalue weighted by Gasteiger charge is -2.11. The fraction of sp³-hybridized carbons (Fsp3) is 0.714. The van der Waals surface area contributed by atoms with E-state index in [1.54, 1.807) is 11.3 Å². The highest BCUT2D eigenvalue weighted by atomic mass is 127. The molecule has 0 spiro atoms. The summed E-state index contributed by atoms with van der Waals surface area (Å²) in [7, 11) is -2.96. The summed E-state index contributed by atoms with van der Waals surface area (Å²) in [5.41, 5.74) is 0. The number of halogens is 1. The minimum absolute atomic E-state index is 0. The van der Waals surface area contributed by atoms with E-state index in [1.165, 1.54) is 11.1 Å². The van der Waals surface area contributed by atoms with Gasteiger partial charge in [-0.1, -0.05) is 6.92 Å². The maximum Gasteiger partial charge on any atom is 0.191 e. The number of guanidine groups is 1. The van der Waals surface area contributed by atoms with Crippen molar-refractivity contribution in [1.29, 1.82) is 0 Å². The van der Waals surface area contributed by atoms with Gasteiger partial charge < -0.3 is 15.4 Å². The lowest BCUT2D eigenvalue weighted by molar-refractivity contribution is 0.154. The Labute approximate surface area is 165 Å². The van der Waals surface area contributed by atoms with Crippen LogP contribution in [0.4, 0.5) is 0 Å². The van der Waals surface area contributed by atoms with E-state index in [0.717, 1.165) is 18.0 Å². The van der Waals surface area contributed by atoms with Gasteiger partial charge in [0.25, 0.3) is 0 Å². The lowest BCUT2D eigenvalue weighted by atomic mass is 10.4. The third kappa shape index (κ3) is 11.2. The smallest absolute Gasteiger partial charge is 0.191 e. The third-order valence-corrected chi connectivity index (χ3v) is 4.84. The maximum absolute atomic E-state index is 11.0. The highest BCUT2D eigenvalue weighted by Crippen LogP contribution is 2.13. The van der Waals surface area contributed by atoms with Gasteiger partial charge in [-0.2, -0.15) is 0 Å². The molecule has 0 aliphatic heterocycles. The summed E-state index contributed by atoms with van der Waals surface area (Å²) in [6.45, 7) is 6.61.